The van der Waals surface area contributed by atoms with Gasteiger partial charge in [-0.3, -0.25) is 0 Å². The third-order valence-corrected chi connectivity index (χ3v) is 4.83. The van der Waals surface area contributed by atoms with Crippen molar-refractivity contribution in [1.82, 2.24) is 0 Å². The molecule has 0 spiro atoms. The van der Waals surface area contributed by atoms with Crippen LogP contribution >= 0.6 is 0 Å². The van der Waals surface area contributed by atoms with E-state index in [0.717, 1.165) is 12.0 Å². The summed E-state index contributed by atoms with van der Waals surface area (Å²) in [4.78, 5) is 0. The molecule has 2 nitrogen and oxygen atoms in total. The molecular weight excluding hydrogens is 212 g/mol. The quantitative estimate of drug-likeness (QED) is 0.541. The summed E-state index contributed by atoms with van der Waals surface area (Å²) in [6.07, 6.45) is 3.98. The molecule has 17 heavy (non-hydrogen) atoms. The lowest BCUT2D eigenvalue weighted by atomic mass is 9.61. The molecule has 2 heterocycles. The number of hydrogen-bond acceptors (Lipinski definition) is 2. The highest BCUT2D eigenvalue weighted by Gasteiger charge is 2.85. The van der Waals surface area contributed by atoms with E-state index < -0.39 is 0 Å². The fourth-order valence-corrected chi connectivity index (χ4v) is 4.27. The monoisotopic (exact) mass is 234 g/mol. The zero-order chi connectivity index (χ0) is 12.6. The molecule has 1 saturated carbocycles. The van der Waals surface area contributed by atoms with E-state index in [0.29, 0.717) is 12.2 Å². The van der Waals surface area contributed by atoms with Gasteiger partial charge in [-0.25, -0.2) is 0 Å². The molecule has 2 heteroatoms. The van der Waals surface area contributed by atoms with Gasteiger partial charge in [0.2, 0.25) is 0 Å². The highest BCUT2D eigenvalue weighted by atomic mass is 16.7. The maximum Gasteiger partial charge on any atom is 0.129 e. The first kappa shape index (κ1) is 11.5. The predicted molar refractivity (Wildman–Crippen MR) is 67.9 cm³/mol. The first-order chi connectivity index (χ1) is 7.74. The SMILES string of the molecule is C=C(C)/C=C(/C)C12OC1(C)C1OC1CC2(C)C. The summed E-state index contributed by atoms with van der Waals surface area (Å²) in [5.74, 6) is 0. The molecule has 2 saturated heterocycles. The van der Waals surface area contributed by atoms with Gasteiger partial charge in [-0.2, -0.15) is 0 Å². The van der Waals surface area contributed by atoms with Crippen molar-refractivity contribution < 1.29 is 9.47 Å². The van der Waals surface area contributed by atoms with Gasteiger partial charge in [-0.1, -0.05) is 32.1 Å². The minimum atomic E-state index is -0.142. The maximum atomic E-state index is 6.25. The second-order valence-corrected chi connectivity index (χ2v) is 6.75. The van der Waals surface area contributed by atoms with Crippen molar-refractivity contribution in [1.29, 1.82) is 0 Å². The summed E-state index contributed by atoms with van der Waals surface area (Å²) in [6, 6.07) is 0. The number of allylic oxidation sites excluding steroid dienone is 2. The number of rotatable bonds is 2. The van der Waals surface area contributed by atoms with Crippen LogP contribution in [0.3, 0.4) is 0 Å². The van der Waals surface area contributed by atoms with E-state index in [9.17, 15) is 0 Å². The van der Waals surface area contributed by atoms with Gasteiger partial charge in [-0.15, -0.1) is 0 Å². The molecule has 1 aliphatic carbocycles. The molecule has 4 unspecified atom stereocenters. The molecule has 3 aliphatic rings. The summed E-state index contributed by atoms with van der Waals surface area (Å²) in [5.41, 5.74) is 2.26. The lowest BCUT2D eigenvalue weighted by molar-refractivity contribution is 0.141. The van der Waals surface area contributed by atoms with Crippen molar-refractivity contribution in [3.8, 4) is 0 Å². The van der Waals surface area contributed by atoms with E-state index in [4.69, 9.17) is 9.47 Å². The van der Waals surface area contributed by atoms with Gasteiger partial charge in [0.25, 0.3) is 0 Å². The Bertz CT molecular complexity index is 427. The molecule has 2 aliphatic heterocycles. The van der Waals surface area contributed by atoms with Crippen molar-refractivity contribution in [2.45, 2.75) is 64.4 Å². The van der Waals surface area contributed by atoms with Crippen LogP contribution in [0.15, 0.2) is 23.8 Å². The van der Waals surface area contributed by atoms with E-state index in [1.54, 1.807) is 0 Å². The van der Waals surface area contributed by atoms with Crippen LogP contribution in [-0.4, -0.2) is 23.4 Å². The number of epoxide rings is 2. The molecule has 94 valence electrons. The van der Waals surface area contributed by atoms with Gasteiger partial charge >= 0.3 is 0 Å². The Balaban J connectivity index is 2.04. The largest absolute Gasteiger partial charge is 0.366 e. The molecule has 0 N–H and O–H groups in total. The first-order valence-electron chi connectivity index (χ1n) is 6.44. The van der Waals surface area contributed by atoms with Crippen LogP contribution < -0.4 is 0 Å². The summed E-state index contributed by atoms with van der Waals surface area (Å²) >= 11 is 0. The van der Waals surface area contributed by atoms with Crippen LogP contribution in [0.25, 0.3) is 0 Å². The van der Waals surface area contributed by atoms with Crippen molar-refractivity contribution in [3.05, 3.63) is 23.8 Å². The summed E-state index contributed by atoms with van der Waals surface area (Å²) in [6.45, 7) is 15.0. The molecule has 0 aromatic heterocycles. The van der Waals surface area contributed by atoms with Crippen LogP contribution in [0.5, 0.6) is 0 Å². The first-order valence-corrected chi connectivity index (χ1v) is 6.44. The Labute approximate surface area is 104 Å². The second kappa shape index (κ2) is 2.86. The van der Waals surface area contributed by atoms with Gasteiger partial charge in [0.15, 0.2) is 0 Å². The van der Waals surface area contributed by atoms with Crippen LogP contribution in [0.2, 0.25) is 0 Å². The van der Waals surface area contributed by atoms with E-state index >= 15 is 0 Å². The smallest absolute Gasteiger partial charge is 0.129 e. The Morgan fingerprint density at radius 2 is 1.94 bits per heavy atom. The second-order valence-electron chi connectivity index (χ2n) is 6.75. The molecule has 0 bridgehead atoms. The molecule has 0 amide bonds. The van der Waals surface area contributed by atoms with E-state index in [1.165, 1.54) is 5.57 Å². The highest BCUT2D eigenvalue weighted by molar-refractivity contribution is 5.44. The number of ether oxygens (including phenoxy) is 2. The standard InChI is InChI=1S/C15H22O2/c1-9(2)7-10(3)15-13(4,5)8-11-12(16-11)14(15,6)17-15/h7,11-12H,1,8H2,2-6H3/b10-7-. The number of hydrogen-bond donors (Lipinski definition) is 0. The molecule has 0 aromatic rings. The van der Waals surface area contributed by atoms with Crippen LogP contribution in [-0.2, 0) is 9.47 Å². The third-order valence-electron chi connectivity index (χ3n) is 4.83. The fraction of sp³-hybridized carbons (Fsp3) is 0.733. The Morgan fingerprint density at radius 1 is 1.29 bits per heavy atom. The Kier molecular flexibility index (Phi) is 1.93. The van der Waals surface area contributed by atoms with Gasteiger partial charge in [0.05, 0.1) is 6.10 Å². The maximum absolute atomic E-state index is 6.25. The topological polar surface area (TPSA) is 25.1 Å². The fourth-order valence-electron chi connectivity index (χ4n) is 4.27. The van der Waals surface area contributed by atoms with Gasteiger partial charge < -0.3 is 9.47 Å². The molecule has 3 fully saturated rings. The average molecular weight is 234 g/mol. The molecule has 0 radical (unpaired) electrons. The van der Waals surface area contributed by atoms with Gasteiger partial charge in [-0.05, 0) is 32.8 Å². The average Bonchev–Trinajstić information content (AvgIpc) is 2.98. The van der Waals surface area contributed by atoms with Gasteiger partial charge in [0.1, 0.15) is 17.3 Å². The zero-order valence-electron chi connectivity index (χ0n) is 11.5. The van der Waals surface area contributed by atoms with Crippen LogP contribution in [0.4, 0.5) is 0 Å². The minimum absolute atomic E-state index is 0.116. The summed E-state index contributed by atoms with van der Waals surface area (Å²) in [5, 5.41) is 0. The molecule has 3 rings (SSSR count). The predicted octanol–water partition coefficient (Wildman–Crippen LogP) is 3.23. The van der Waals surface area contributed by atoms with Crippen LogP contribution in [0, 0.1) is 5.41 Å². The lowest BCUT2D eigenvalue weighted by Crippen LogP contribution is -2.47. The van der Waals surface area contributed by atoms with Crippen molar-refractivity contribution >= 4 is 0 Å². The number of fused-ring (bicyclic) bond motifs is 3. The van der Waals surface area contributed by atoms with Crippen LogP contribution in [0.1, 0.15) is 41.0 Å². The molecule has 4 atom stereocenters. The van der Waals surface area contributed by atoms with E-state index in [-0.39, 0.29) is 16.6 Å². The lowest BCUT2D eigenvalue weighted by Gasteiger charge is -2.37. The van der Waals surface area contributed by atoms with Crippen molar-refractivity contribution in [2.24, 2.45) is 5.41 Å². The van der Waals surface area contributed by atoms with E-state index in [2.05, 4.69) is 40.3 Å². The molecular formula is C15H22O2. The third kappa shape index (κ3) is 1.18. The van der Waals surface area contributed by atoms with E-state index in [1.807, 2.05) is 6.92 Å². The summed E-state index contributed by atoms with van der Waals surface area (Å²) in [7, 11) is 0. The summed E-state index contributed by atoms with van der Waals surface area (Å²) < 4.78 is 12.0. The highest BCUT2D eigenvalue weighted by Crippen LogP contribution is 2.72. The van der Waals surface area contributed by atoms with Crippen molar-refractivity contribution in [3.63, 3.8) is 0 Å². The molecule has 0 aromatic carbocycles. The Hall–Kier alpha value is -0.600. The Morgan fingerprint density at radius 3 is 2.53 bits per heavy atom. The van der Waals surface area contributed by atoms with Crippen molar-refractivity contribution in [2.75, 3.05) is 0 Å². The minimum Gasteiger partial charge on any atom is -0.366 e. The van der Waals surface area contributed by atoms with Gasteiger partial charge in [0, 0.05) is 5.41 Å². The normalized spacial score (nSPS) is 50.3. The zero-order valence-corrected chi connectivity index (χ0v) is 11.5.